The fraction of sp³-hybridized carbons (Fsp3) is 0.226. The van der Waals surface area contributed by atoms with Gasteiger partial charge in [0.25, 0.3) is 0 Å². The highest BCUT2D eigenvalue weighted by atomic mass is 19.1. The van der Waals surface area contributed by atoms with E-state index in [4.69, 9.17) is 15.5 Å². The van der Waals surface area contributed by atoms with Gasteiger partial charge in [0.1, 0.15) is 35.4 Å². The molecule has 4 N–H and O–H groups in total. The van der Waals surface area contributed by atoms with E-state index >= 15 is 0 Å². The average Bonchev–Trinajstić information content (AvgIpc) is 3.59. The van der Waals surface area contributed by atoms with Crippen molar-refractivity contribution in [2.24, 2.45) is 5.73 Å². The minimum Gasteiger partial charge on any atom is -0.492 e. The molecule has 7 rings (SSSR count). The maximum atomic E-state index is 14.7. The second-order valence-electron chi connectivity index (χ2n) is 10.9. The van der Waals surface area contributed by atoms with Crippen LogP contribution in [0.3, 0.4) is 0 Å². The van der Waals surface area contributed by atoms with Crippen LogP contribution in [0.1, 0.15) is 0 Å². The molecule has 0 atom stereocenters. The lowest BCUT2D eigenvalue weighted by molar-refractivity contribution is 0.260. The number of ether oxygens (including phenoxy) is 1. The Morgan fingerprint density at radius 3 is 2.74 bits per heavy atom. The van der Waals surface area contributed by atoms with Crippen molar-refractivity contribution in [2.75, 3.05) is 45.2 Å². The Kier molecular flexibility index (Phi) is 6.52. The van der Waals surface area contributed by atoms with Crippen molar-refractivity contribution in [1.29, 1.82) is 0 Å². The molecule has 1 aliphatic heterocycles. The number of pyridine rings is 1. The molecule has 1 aliphatic rings. The molecule has 6 aromatic rings. The number of H-pyrrole nitrogens is 2. The Labute approximate surface area is 241 Å². The maximum absolute atomic E-state index is 14.7. The fourth-order valence-corrected chi connectivity index (χ4v) is 5.28. The molecule has 10 nitrogen and oxygen atoms in total. The molecule has 5 heterocycles. The van der Waals surface area contributed by atoms with Gasteiger partial charge in [-0.3, -0.25) is 15.1 Å². The fourth-order valence-electron chi connectivity index (χ4n) is 5.28. The molecular weight excluding hydrogens is 533 g/mol. The van der Waals surface area contributed by atoms with E-state index < -0.39 is 0 Å². The van der Waals surface area contributed by atoms with E-state index in [9.17, 15) is 4.39 Å². The van der Waals surface area contributed by atoms with Crippen LogP contribution < -0.4 is 15.4 Å². The van der Waals surface area contributed by atoms with E-state index in [1.165, 1.54) is 12.1 Å². The Morgan fingerprint density at radius 1 is 1.02 bits per heavy atom. The number of rotatable bonds is 8. The van der Waals surface area contributed by atoms with Crippen molar-refractivity contribution in [3.05, 3.63) is 72.9 Å². The van der Waals surface area contributed by atoms with E-state index in [-0.39, 0.29) is 11.9 Å². The lowest BCUT2D eigenvalue weighted by Crippen LogP contribution is -2.56. The summed E-state index contributed by atoms with van der Waals surface area (Å²) >= 11 is 0. The predicted molar refractivity (Wildman–Crippen MR) is 162 cm³/mol. The molecule has 11 heteroatoms. The smallest absolute Gasteiger partial charge is 0.147 e. The third-order valence-electron chi connectivity index (χ3n) is 7.47. The van der Waals surface area contributed by atoms with Crippen LogP contribution in [-0.2, 0) is 0 Å². The van der Waals surface area contributed by atoms with Crippen LogP contribution in [0.4, 0.5) is 10.2 Å². The second kappa shape index (κ2) is 10.5. The van der Waals surface area contributed by atoms with Gasteiger partial charge in [0.05, 0.1) is 35.5 Å². The van der Waals surface area contributed by atoms with Gasteiger partial charge in [-0.05, 0) is 55.6 Å². The van der Waals surface area contributed by atoms with Gasteiger partial charge in [0, 0.05) is 48.0 Å². The average molecular weight is 564 g/mol. The molecule has 2 aromatic carbocycles. The van der Waals surface area contributed by atoms with E-state index in [1.54, 1.807) is 18.6 Å². The standard InChI is InChI=1S/C31H30FN9O/c1-40(2)6-7-42-21-9-18(8-19(32)10-21)22-4-3-5-25-23(22)11-27(36-25)31-24-12-26(35-14-28(24)38-39-31)29-13-34-15-30(37-29)41-16-20(33)17-41/h3-5,8-15,20,36H,6-7,16-17,33H2,1-2H3,(H,38,39). The van der Waals surface area contributed by atoms with Gasteiger partial charge in [0.15, 0.2) is 0 Å². The van der Waals surface area contributed by atoms with Crippen LogP contribution in [0.15, 0.2) is 67.1 Å². The molecule has 4 aromatic heterocycles. The molecule has 0 saturated carbocycles. The van der Waals surface area contributed by atoms with Crippen LogP contribution in [0, 0.1) is 5.82 Å². The number of likely N-dealkylation sites (N-methyl/N-ethyl adjacent to an activating group) is 1. The van der Waals surface area contributed by atoms with Gasteiger partial charge in [0.2, 0.25) is 0 Å². The lowest BCUT2D eigenvalue weighted by atomic mass is 10.0. The van der Waals surface area contributed by atoms with Gasteiger partial charge < -0.3 is 25.3 Å². The van der Waals surface area contributed by atoms with E-state index in [2.05, 4.69) is 30.0 Å². The van der Waals surface area contributed by atoms with Crippen molar-refractivity contribution in [3.63, 3.8) is 0 Å². The third kappa shape index (κ3) is 4.93. The van der Waals surface area contributed by atoms with Gasteiger partial charge in [-0.15, -0.1) is 0 Å². The zero-order chi connectivity index (χ0) is 28.8. The molecule has 42 heavy (non-hydrogen) atoms. The third-order valence-corrected chi connectivity index (χ3v) is 7.47. The Hall–Kier alpha value is -4.87. The number of benzene rings is 2. The molecule has 0 aliphatic carbocycles. The number of nitrogens with one attached hydrogen (secondary N) is 2. The highest BCUT2D eigenvalue weighted by Crippen LogP contribution is 2.36. The van der Waals surface area contributed by atoms with Gasteiger partial charge in [-0.25, -0.2) is 9.37 Å². The summed E-state index contributed by atoms with van der Waals surface area (Å²) < 4.78 is 20.5. The minimum atomic E-state index is -0.345. The molecule has 0 unspecified atom stereocenters. The minimum absolute atomic E-state index is 0.166. The van der Waals surface area contributed by atoms with Gasteiger partial charge in [-0.1, -0.05) is 12.1 Å². The second-order valence-corrected chi connectivity index (χ2v) is 10.9. The first kappa shape index (κ1) is 26.1. The van der Waals surface area contributed by atoms with Gasteiger partial charge >= 0.3 is 0 Å². The molecule has 0 radical (unpaired) electrons. The Morgan fingerprint density at radius 2 is 1.90 bits per heavy atom. The lowest BCUT2D eigenvalue weighted by Gasteiger charge is -2.37. The largest absolute Gasteiger partial charge is 0.492 e. The molecule has 0 bridgehead atoms. The molecule has 1 fully saturated rings. The normalized spacial score (nSPS) is 13.8. The van der Waals surface area contributed by atoms with Crippen LogP contribution in [0.25, 0.3) is 55.7 Å². The number of nitrogens with two attached hydrogens (primary N) is 1. The van der Waals surface area contributed by atoms with Crippen molar-refractivity contribution >= 4 is 27.6 Å². The number of halogens is 1. The first-order valence-electron chi connectivity index (χ1n) is 13.8. The first-order chi connectivity index (χ1) is 20.4. The van der Waals surface area contributed by atoms with E-state index in [0.29, 0.717) is 23.7 Å². The topological polar surface area (TPSA) is 125 Å². The van der Waals surface area contributed by atoms with Gasteiger partial charge in [-0.2, -0.15) is 5.10 Å². The van der Waals surface area contributed by atoms with Crippen LogP contribution in [-0.4, -0.2) is 81.4 Å². The molecule has 0 amide bonds. The van der Waals surface area contributed by atoms with Crippen molar-refractivity contribution in [1.82, 2.24) is 35.0 Å². The highest BCUT2D eigenvalue weighted by molar-refractivity contribution is 6.01. The first-order valence-corrected chi connectivity index (χ1v) is 13.8. The summed E-state index contributed by atoms with van der Waals surface area (Å²) in [5, 5.41) is 9.55. The summed E-state index contributed by atoms with van der Waals surface area (Å²) in [6.45, 7) is 2.74. The summed E-state index contributed by atoms with van der Waals surface area (Å²) in [7, 11) is 3.95. The molecular formula is C31H30FN9O. The molecule has 0 spiro atoms. The summed E-state index contributed by atoms with van der Waals surface area (Å²) in [6, 6.07) is 15.0. The van der Waals surface area contributed by atoms with Crippen molar-refractivity contribution in [3.8, 4) is 39.7 Å². The highest BCUT2D eigenvalue weighted by Gasteiger charge is 2.25. The number of hydrogen-bond donors (Lipinski definition) is 3. The SMILES string of the molecule is CN(C)CCOc1cc(F)cc(-c2cccc3[nH]c(-c4n[nH]c5cnc(-c6cncc(N7CC(N)C7)n6)cc45)cc23)c1. The molecule has 212 valence electrons. The number of nitrogens with zero attached hydrogens (tertiary/aromatic N) is 6. The maximum Gasteiger partial charge on any atom is 0.147 e. The Balaban J connectivity index is 1.24. The number of hydrogen-bond acceptors (Lipinski definition) is 8. The summed E-state index contributed by atoms with van der Waals surface area (Å²) in [5.41, 5.74) is 12.3. The van der Waals surface area contributed by atoms with E-state index in [0.717, 1.165) is 69.8 Å². The number of fused-ring (bicyclic) bond motifs is 2. The predicted octanol–water partition coefficient (Wildman–Crippen LogP) is 4.46. The van der Waals surface area contributed by atoms with E-state index in [1.807, 2.05) is 55.4 Å². The van der Waals surface area contributed by atoms with Crippen molar-refractivity contribution in [2.45, 2.75) is 6.04 Å². The van der Waals surface area contributed by atoms with Crippen molar-refractivity contribution < 1.29 is 9.13 Å². The summed E-state index contributed by atoms with van der Waals surface area (Å²) in [6.07, 6.45) is 5.22. The van der Waals surface area contributed by atoms with Crippen LogP contribution >= 0.6 is 0 Å². The quantitative estimate of drug-likeness (QED) is 0.248. The Bertz CT molecular complexity index is 1910. The zero-order valence-electron chi connectivity index (χ0n) is 23.3. The number of aromatic nitrogens is 6. The number of aromatic amines is 2. The van der Waals surface area contributed by atoms with Crippen LogP contribution in [0.5, 0.6) is 5.75 Å². The monoisotopic (exact) mass is 563 g/mol. The summed E-state index contributed by atoms with van der Waals surface area (Å²) in [4.78, 5) is 21.4. The summed E-state index contributed by atoms with van der Waals surface area (Å²) in [5.74, 6) is 0.944. The van der Waals surface area contributed by atoms with Crippen LogP contribution in [0.2, 0.25) is 0 Å². The molecule has 1 saturated heterocycles. The zero-order valence-corrected chi connectivity index (χ0v) is 23.3. The number of anilines is 1.